The normalized spacial score (nSPS) is 15.0. The molecule has 0 heterocycles. The molecule has 0 radical (unpaired) electrons. The molecule has 35 heavy (non-hydrogen) atoms. The van der Waals surface area contributed by atoms with Crippen molar-refractivity contribution < 1.29 is 14.3 Å². The van der Waals surface area contributed by atoms with Crippen molar-refractivity contribution in [1.82, 2.24) is 10.6 Å². The van der Waals surface area contributed by atoms with Gasteiger partial charge in [-0.25, -0.2) is 0 Å². The molecule has 0 spiro atoms. The summed E-state index contributed by atoms with van der Waals surface area (Å²) in [5.74, 6) is 2.37. The monoisotopic (exact) mass is 538 g/mol. The average Bonchev–Trinajstić information content (AvgIpc) is 3.68. The first-order valence-corrected chi connectivity index (χ1v) is 13.3. The SMILES string of the molecule is CC(=O)NCCNCc1cc(C)c(OCc2cccc(C3=CCCC=C3)c2Br)cc1OCC1CC1. The lowest BCUT2D eigenvalue weighted by molar-refractivity contribution is -0.118. The molecule has 1 amide bonds. The zero-order valence-electron chi connectivity index (χ0n) is 20.7. The lowest BCUT2D eigenvalue weighted by Gasteiger charge is -2.18. The molecule has 2 aromatic rings. The maximum absolute atomic E-state index is 11.1. The standard InChI is InChI=1S/C29H35BrN2O3/c1-20-15-25(17-31-13-14-32-21(2)33)28(34-18-22-11-12-22)16-27(20)35-19-24-9-6-10-26(29(24)30)23-7-4-3-5-8-23/h4,6-10,15-16,22,31H,3,5,11-14,17-19H2,1-2H3,(H,32,33). The summed E-state index contributed by atoms with van der Waals surface area (Å²) in [6.45, 7) is 6.81. The maximum atomic E-state index is 11.1. The topological polar surface area (TPSA) is 59.6 Å². The number of hydrogen-bond acceptors (Lipinski definition) is 4. The zero-order chi connectivity index (χ0) is 24.6. The van der Waals surface area contributed by atoms with Crippen molar-refractivity contribution in [3.8, 4) is 11.5 Å². The second kappa shape index (κ2) is 12.4. The van der Waals surface area contributed by atoms with E-state index < -0.39 is 0 Å². The number of carbonyl (C=O) groups excluding carboxylic acids is 1. The first-order chi connectivity index (χ1) is 17.0. The van der Waals surface area contributed by atoms with E-state index in [1.165, 1.54) is 30.9 Å². The van der Waals surface area contributed by atoms with E-state index in [4.69, 9.17) is 9.47 Å². The van der Waals surface area contributed by atoms with Crippen LogP contribution >= 0.6 is 15.9 Å². The molecule has 2 aliphatic carbocycles. The molecule has 0 aliphatic heterocycles. The van der Waals surface area contributed by atoms with Gasteiger partial charge in [0.05, 0.1) is 6.61 Å². The Morgan fingerprint density at radius 3 is 2.69 bits per heavy atom. The fourth-order valence-electron chi connectivity index (χ4n) is 4.08. The molecule has 0 aromatic heterocycles. The van der Waals surface area contributed by atoms with Crippen molar-refractivity contribution in [2.45, 2.75) is 52.7 Å². The Labute approximate surface area is 217 Å². The van der Waals surface area contributed by atoms with E-state index in [9.17, 15) is 4.79 Å². The number of rotatable bonds is 12. The number of benzene rings is 2. The smallest absolute Gasteiger partial charge is 0.216 e. The van der Waals surface area contributed by atoms with Gasteiger partial charge in [0.2, 0.25) is 5.91 Å². The Morgan fingerprint density at radius 2 is 1.94 bits per heavy atom. The predicted molar refractivity (Wildman–Crippen MR) is 145 cm³/mol. The van der Waals surface area contributed by atoms with Crippen LogP contribution in [0.5, 0.6) is 11.5 Å². The lowest BCUT2D eigenvalue weighted by Crippen LogP contribution is -2.30. The first kappa shape index (κ1) is 25.5. The summed E-state index contributed by atoms with van der Waals surface area (Å²) < 4.78 is 13.6. The number of amides is 1. The summed E-state index contributed by atoms with van der Waals surface area (Å²) in [7, 11) is 0. The van der Waals surface area contributed by atoms with E-state index in [1.807, 2.05) is 6.07 Å². The van der Waals surface area contributed by atoms with Gasteiger partial charge in [-0.3, -0.25) is 4.79 Å². The number of carbonyl (C=O) groups is 1. The Kier molecular flexibility index (Phi) is 9.05. The number of halogens is 1. The maximum Gasteiger partial charge on any atom is 0.216 e. The van der Waals surface area contributed by atoms with Gasteiger partial charge in [-0.1, -0.05) is 36.4 Å². The van der Waals surface area contributed by atoms with Crippen molar-refractivity contribution in [3.05, 3.63) is 75.3 Å². The van der Waals surface area contributed by atoms with Crippen LogP contribution in [0.2, 0.25) is 0 Å². The number of nitrogens with one attached hydrogen (secondary N) is 2. The van der Waals surface area contributed by atoms with E-state index in [0.717, 1.165) is 52.1 Å². The fourth-order valence-corrected chi connectivity index (χ4v) is 4.69. The van der Waals surface area contributed by atoms with Gasteiger partial charge in [-0.2, -0.15) is 0 Å². The van der Waals surface area contributed by atoms with Gasteiger partial charge >= 0.3 is 0 Å². The van der Waals surface area contributed by atoms with Crippen LogP contribution in [0.4, 0.5) is 0 Å². The highest BCUT2D eigenvalue weighted by Gasteiger charge is 2.23. The van der Waals surface area contributed by atoms with E-state index in [2.05, 4.69) is 76.0 Å². The van der Waals surface area contributed by atoms with Gasteiger partial charge in [0.1, 0.15) is 18.1 Å². The molecule has 6 heteroatoms. The number of aryl methyl sites for hydroxylation is 1. The molecule has 4 rings (SSSR count). The van der Waals surface area contributed by atoms with Crippen LogP contribution in [-0.2, 0) is 17.9 Å². The van der Waals surface area contributed by atoms with Crippen LogP contribution in [0, 0.1) is 12.8 Å². The second-order valence-electron chi connectivity index (χ2n) is 9.35. The second-order valence-corrected chi connectivity index (χ2v) is 10.1. The summed E-state index contributed by atoms with van der Waals surface area (Å²) in [5.41, 5.74) is 5.76. The molecular formula is C29H35BrN2O3. The van der Waals surface area contributed by atoms with Crippen molar-refractivity contribution in [3.63, 3.8) is 0 Å². The number of hydrogen-bond donors (Lipinski definition) is 2. The van der Waals surface area contributed by atoms with Crippen molar-refractivity contribution in [2.24, 2.45) is 5.92 Å². The molecule has 5 nitrogen and oxygen atoms in total. The van der Waals surface area contributed by atoms with Crippen molar-refractivity contribution >= 4 is 27.4 Å². The molecular weight excluding hydrogens is 504 g/mol. The highest BCUT2D eigenvalue weighted by molar-refractivity contribution is 9.10. The zero-order valence-corrected chi connectivity index (χ0v) is 22.2. The average molecular weight is 540 g/mol. The summed E-state index contributed by atoms with van der Waals surface area (Å²) in [4.78, 5) is 11.1. The molecule has 1 saturated carbocycles. The highest BCUT2D eigenvalue weighted by atomic mass is 79.9. The highest BCUT2D eigenvalue weighted by Crippen LogP contribution is 2.35. The summed E-state index contributed by atoms with van der Waals surface area (Å²) in [5, 5.41) is 6.21. The van der Waals surface area contributed by atoms with Crippen molar-refractivity contribution in [1.29, 1.82) is 0 Å². The Balaban J connectivity index is 1.45. The van der Waals surface area contributed by atoms with Gasteiger partial charge in [-0.15, -0.1) is 0 Å². The predicted octanol–water partition coefficient (Wildman–Crippen LogP) is 6.08. The minimum absolute atomic E-state index is 0.0123. The van der Waals surface area contributed by atoms with Crippen molar-refractivity contribution in [2.75, 3.05) is 19.7 Å². The first-order valence-electron chi connectivity index (χ1n) is 12.5. The van der Waals surface area contributed by atoms with Gasteiger partial charge in [-0.05, 0) is 77.2 Å². The third-order valence-corrected chi connectivity index (χ3v) is 7.23. The molecule has 0 bridgehead atoms. The number of allylic oxidation sites excluding steroid dienone is 4. The molecule has 2 N–H and O–H groups in total. The van der Waals surface area contributed by atoms with Crippen LogP contribution in [-0.4, -0.2) is 25.6 Å². The van der Waals surface area contributed by atoms with Crippen LogP contribution in [0.25, 0.3) is 5.57 Å². The Hall–Kier alpha value is -2.57. The summed E-state index contributed by atoms with van der Waals surface area (Å²) in [6.07, 6.45) is 11.4. The Bertz CT molecular complexity index is 1110. The quantitative estimate of drug-likeness (QED) is 0.321. The van der Waals surface area contributed by atoms with Crippen LogP contribution in [0.3, 0.4) is 0 Å². The molecule has 2 aliphatic rings. The summed E-state index contributed by atoms with van der Waals surface area (Å²) in [6, 6.07) is 10.5. The molecule has 2 aromatic carbocycles. The molecule has 0 unspecified atom stereocenters. The molecule has 0 atom stereocenters. The lowest BCUT2D eigenvalue weighted by atomic mass is 9.98. The minimum atomic E-state index is -0.0123. The van der Waals surface area contributed by atoms with Gasteiger partial charge in [0, 0.05) is 48.2 Å². The van der Waals surface area contributed by atoms with Gasteiger partial charge < -0.3 is 20.1 Å². The van der Waals surface area contributed by atoms with Crippen LogP contribution in [0.15, 0.2) is 53.0 Å². The molecule has 0 saturated heterocycles. The third-order valence-electron chi connectivity index (χ3n) is 6.29. The molecule has 1 fully saturated rings. The minimum Gasteiger partial charge on any atom is -0.493 e. The van der Waals surface area contributed by atoms with E-state index in [-0.39, 0.29) is 5.91 Å². The van der Waals surface area contributed by atoms with Crippen LogP contribution in [0.1, 0.15) is 54.9 Å². The van der Waals surface area contributed by atoms with Gasteiger partial charge in [0.25, 0.3) is 0 Å². The molecule has 186 valence electrons. The van der Waals surface area contributed by atoms with Crippen LogP contribution < -0.4 is 20.1 Å². The summed E-state index contributed by atoms with van der Waals surface area (Å²) >= 11 is 3.82. The Morgan fingerprint density at radius 1 is 1.09 bits per heavy atom. The third kappa shape index (κ3) is 7.45. The fraction of sp³-hybridized carbons (Fsp3) is 0.414. The van der Waals surface area contributed by atoms with Gasteiger partial charge in [0.15, 0.2) is 0 Å². The largest absolute Gasteiger partial charge is 0.493 e. The van der Waals surface area contributed by atoms with E-state index in [0.29, 0.717) is 32.2 Å². The van der Waals surface area contributed by atoms with E-state index in [1.54, 1.807) is 0 Å². The number of ether oxygens (including phenoxy) is 2. The van der Waals surface area contributed by atoms with E-state index >= 15 is 0 Å².